The Morgan fingerprint density at radius 1 is 0.919 bits per heavy atom. The molecule has 0 saturated heterocycles. The molecule has 0 spiro atoms. The van der Waals surface area contributed by atoms with Gasteiger partial charge >= 0.3 is 19.8 Å². The Morgan fingerprint density at radius 2 is 1.54 bits per heavy atom. The van der Waals surface area contributed by atoms with Gasteiger partial charge in [0.15, 0.2) is 0 Å². The van der Waals surface area contributed by atoms with Crippen LogP contribution in [0.1, 0.15) is 122 Å². The number of ether oxygens (including phenoxy) is 2. The molecule has 0 aliphatic carbocycles. The van der Waals surface area contributed by atoms with Gasteiger partial charge in [0, 0.05) is 6.61 Å². The monoisotopic (exact) mass is 557 g/mol. The lowest BCUT2D eigenvalue weighted by Gasteiger charge is -2.35. The molecule has 212 valence electrons. The summed E-state index contributed by atoms with van der Waals surface area (Å²) >= 11 is 4.90. The topological polar surface area (TPSA) is 93.1 Å². The van der Waals surface area contributed by atoms with Gasteiger partial charge in [-0.05, 0) is 50.0 Å². The molecule has 5 unspecified atom stereocenters. The van der Waals surface area contributed by atoms with Crippen molar-refractivity contribution in [1.82, 2.24) is 0 Å². The van der Waals surface area contributed by atoms with Gasteiger partial charge in [-0.2, -0.15) is 0 Å². The molecule has 0 saturated carbocycles. The minimum atomic E-state index is -2.39. The third kappa shape index (κ3) is 12.2. The SMILES string of the molecule is CCCCCCCCCC(S)(CCC(CCCC)c1ccccc1)OC([PH+]=O)(C(=O)O)C(O)OCCC. The van der Waals surface area contributed by atoms with Crippen LogP contribution in [0.4, 0.5) is 0 Å². The van der Waals surface area contributed by atoms with Crippen molar-refractivity contribution in [3.8, 4) is 0 Å². The molecule has 0 aliphatic rings. The van der Waals surface area contributed by atoms with Crippen LogP contribution in [0.5, 0.6) is 0 Å². The molecule has 0 radical (unpaired) electrons. The van der Waals surface area contributed by atoms with Crippen LogP contribution in [0.3, 0.4) is 0 Å². The molecule has 6 nitrogen and oxygen atoms in total. The Bertz CT molecular complexity index is 751. The number of benzene rings is 1. The van der Waals surface area contributed by atoms with Crippen molar-refractivity contribution in [2.24, 2.45) is 0 Å². The molecule has 2 N–H and O–H groups in total. The van der Waals surface area contributed by atoms with E-state index >= 15 is 0 Å². The molecule has 5 atom stereocenters. The van der Waals surface area contributed by atoms with Crippen molar-refractivity contribution in [3.05, 3.63) is 35.9 Å². The molecule has 1 aromatic carbocycles. The molecule has 8 heteroatoms. The van der Waals surface area contributed by atoms with Gasteiger partial charge < -0.3 is 19.7 Å². The van der Waals surface area contributed by atoms with Crippen molar-refractivity contribution in [3.63, 3.8) is 0 Å². The Hall–Kier alpha value is -0.980. The van der Waals surface area contributed by atoms with E-state index in [0.29, 0.717) is 19.3 Å². The predicted octanol–water partition coefficient (Wildman–Crippen LogP) is 8.07. The average Bonchev–Trinajstić information content (AvgIpc) is 2.90. The normalized spacial score (nSPS) is 16.7. The van der Waals surface area contributed by atoms with E-state index in [0.717, 1.165) is 44.9 Å². The number of carboxylic acid groups (broad SMARTS) is 1. The largest absolute Gasteiger partial charge is 0.476 e. The summed E-state index contributed by atoms with van der Waals surface area (Å²) in [6.07, 6.45) is 11.3. The molecule has 0 aliphatic heterocycles. The summed E-state index contributed by atoms with van der Waals surface area (Å²) in [6, 6.07) is 10.3. The summed E-state index contributed by atoms with van der Waals surface area (Å²) < 4.78 is 23.7. The number of hydrogen-bond acceptors (Lipinski definition) is 6. The predicted molar refractivity (Wildman–Crippen MR) is 155 cm³/mol. The summed E-state index contributed by atoms with van der Waals surface area (Å²) in [7, 11) is -1.45. The van der Waals surface area contributed by atoms with E-state index < -0.39 is 31.0 Å². The van der Waals surface area contributed by atoms with Gasteiger partial charge in [0.2, 0.25) is 6.29 Å². The van der Waals surface area contributed by atoms with E-state index in [4.69, 9.17) is 22.1 Å². The second-order valence-corrected chi connectivity index (χ2v) is 11.8. The summed E-state index contributed by atoms with van der Waals surface area (Å²) in [5, 5.41) is 18.3. The summed E-state index contributed by atoms with van der Waals surface area (Å²) in [4.78, 5) is 11.1. The van der Waals surface area contributed by atoms with E-state index in [1.54, 1.807) is 0 Å². The molecule has 0 amide bonds. The minimum Gasteiger partial charge on any atom is -0.476 e. The number of rotatable bonds is 23. The molecule has 37 heavy (non-hydrogen) atoms. The first-order valence-corrected chi connectivity index (χ1v) is 15.5. The molecule has 1 rings (SSSR count). The van der Waals surface area contributed by atoms with Crippen LogP contribution >= 0.6 is 21.1 Å². The zero-order valence-corrected chi connectivity index (χ0v) is 25.0. The highest BCUT2D eigenvalue weighted by molar-refractivity contribution is 7.81. The Balaban J connectivity index is 3.10. The molecule has 0 bridgehead atoms. The van der Waals surface area contributed by atoms with Gasteiger partial charge in [-0.25, -0.2) is 4.79 Å². The molecule has 1 aromatic rings. The maximum Gasteiger partial charge on any atom is 0.411 e. The highest BCUT2D eigenvalue weighted by Gasteiger charge is 2.61. The van der Waals surface area contributed by atoms with Crippen LogP contribution in [-0.2, 0) is 18.8 Å². The number of thiol groups is 1. The van der Waals surface area contributed by atoms with Crippen molar-refractivity contribution in [2.45, 2.75) is 133 Å². The number of aliphatic carboxylic acids is 1. The van der Waals surface area contributed by atoms with E-state index in [9.17, 15) is 19.6 Å². The number of aliphatic hydroxyl groups is 1. The standard InChI is InChI=1S/C29H49O6PS/c1-4-7-9-10-11-12-16-21-28(37,35-29(36-33,26(30)31)27(32)34-23-6-3)22-20-25(17-8-5-2)24-18-14-13-15-19-24/h13-15,18-19,25,27,32,37H,4-12,16-17,20-23H2,1-3H3,(H,30,31)/p+1. The van der Waals surface area contributed by atoms with Crippen molar-refractivity contribution < 1.29 is 29.0 Å². The number of unbranched alkanes of at least 4 members (excludes halogenated alkanes) is 7. The Morgan fingerprint density at radius 3 is 2.11 bits per heavy atom. The van der Waals surface area contributed by atoms with E-state index in [1.165, 1.54) is 31.2 Å². The summed E-state index contributed by atoms with van der Waals surface area (Å²) in [6.45, 7) is 6.34. The molecular weight excluding hydrogens is 507 g/mol. The first kappa shape index (κ1) is 34.0. The van der Waals surface area contributed by atoms with Crippen LogP contribution in [0.2, 0.25) is 0 Å². The highest BCUT2D eigenvalue weighted by atomic mass is 32.1. The molecule has 0 fully saturated rings. The second kappa shape index (κ2) is 19.1. The van der Waals surface area contributed by atoms with Crippen LogP contribution in [0.25, 0.3) is 0 Å². The van der Waals surface area contributed by atoms with Crippen LogP contribution in [-0.4, -0.2) is 39.4 Å². The maximum absolute atomic E-state index is 12.3. The van der Waals surface area contributed by atoms with Gasteiger partial charge in [0.05, 0.1) is 0 Å². The van der Waals surface area contributed by atoms with Gasteiger partial charge in [0.1, 0.15) is 4.93 Å². The summed E-state index contributed by atoms with van der Waals surface area (Å²) in [5.74, 6) is -1.23. The fraction of sp³-hybridized carbons (Fsp3) is 0.759. The minimum absolute atomic E-state index is 0.133. The van der Waals surface area contributed by atoms with Crippen molar-refractivity contribution >= 4 is 27.1 Å². The quantitative estimate of drug-likeness (QED) is 0.0545. The average molecular weight is 558 g/mol. The zero-order valence-electron chi connectivity index (χ0n) is 23.1. The van der Waals surface area contributed by atoms with E-state index in [1.807, 2.05) is 25.1 Å². The van der Waals surface area contributed by atoms with E-state index in [2.05, 4.69) is 26.0 Å². The molecule has 0 aromatic heterocycles. The lowest BCUT2D eigenvalue weighted by molar-refractivity contribution is -0.227. The first-order valence-electron chi connectivity index (χ1n) is 14.2. The van der Waals surface area contributed by atoms with E-state index in [-0.39, 0.29) is 12.5 Å². The number of hydrogen-bond donors (Lipinski definition) is 3. The zero-order chi connectivity index (χ0) is 27.6. The van der Waals surface area contributed by atoms with Crippen LogP contribution < -0.4 is 0 Å². The van der Waals surface area contributed by atoms with Gasteiger partial charge in [-0.3, -0.25) is 0 Å². The third-order valence-electron chi connectivity index (χ3n) is 6.88. The highest BCUT2D eigenvalue weighted by Crippen LogP contribution is 2.43. The summed E-state index contributed by atoms with van der Waals surface area (Å²) in [5.41, 5.74) is 1.24. The van der Waals surface area contributed by atoms with Crippen molar-refractivity contribution in [1.29, 1.82) is 0 Å². The van der Waals surface area contributed by atoms with Gasteiger partial charge in [-0.1, -0.05) is 107 Å². The van der Waals surface area contributed by atoms with Crippen LogP contribution in [0, 0.1) is 0 Å². The Kier molecular flexibility index (Phi) is 17.6. The van der Waals surface area contributed by atoms with Crippen molar-refractivity contribution in [2.75, 3.05) is 6.61 Å². The Labute approximate surface area is 231 Å². The lowest BCUT2D eigenvalue weighted by Crippen LogP contribution is -2.53. The molecule has 0 heterocycles. The van der Waals surface area contributed by atoms with Crippen LogP contribution in [0.15, 0.2) is 30.3 Å². The first-order chi connectivity index (χ1) is 17.8. The lowest BCUT2D eigenvalue weighted by atomic mass is 9.87. The number of carboxylic acids is 1. The van der Waals surface area contributed by atoms with Gasteiger partial charge in [0.25, 0.3) is 0 Å². The fourth-order valence-corrected chi connectivity index (χ4v) is 5.63. The fourth-order valence-electron chi connectivity index (χ4n) is 4.60. The molecular formula is C29H50O6PS+. The second-order valence-electron chi connectivity index (χ2n) is 10.1. The number of carbonyl (C=O) groups is 1. The maximum atomic E-state index is 12.3. The third-order valence-corrected chi connectivity index (χ3v) is 8.28. The smallest absolute Gasteiger partial charge is 0.411 e. The van der Waals surface area contributed by atoms with Gasteiger partial charge in [-0.15, -0.1) is 12.6 Å². The number of aliphatic hydroxyl groups excluding tert-OH is 1.